The van der Waals surface area contributed by atoms with Gasteiger partial charge in [0.1, 0.15) is 11.8 Å². The molecule has 9 heteroatoms. The number of anilines is 1. The van der Waals surface area contributed by atoms with E-state index in [-0.39, 0.29) is 29.7 Å². The van der Waals surface area contributed by atoms with Crippen LogP contribution in [0.1, 0.15) is 24.5 Å². The van der Waals surface area contributed by atoms with E-state index in [1.54, 1.807) is 41.3 Å². The molecule has 32 heavy (non-hydrogen) atoms. The smallest absolute Gasteiger partial charge is 0.329 e. The number of aromatic nitrogens is 1. The Balaban J connectivity index is 1.28. The van der Waals surface area contributed by atoms with Gasteiger partial charge in [0.05, 0.1) is 19.2 Å². The third-order valence-electron chi connectivity index (χ3n) is 6.56. The summed E-state index contributed by atoms with van der Waals surface area (Å²) in [7, 11) is 1.54. The van der Waals surface area contributed by atoms with Crippen molar-refractivity contribution in [2.75, 3.05) is 25.1 Å². The van der Waals surface area contributed by atoms with E-state index < -0.39 is 18.0 Å². The van der Waals surface area contributed by atoms with Gasteiger partial charge in [0.15, 0.2) is 0 Å². The van der Waals surface area contributed by atoms with Crippen LogP contribution >= 0.6 is 0 Å². The predicted octanol–water partition coefficient (Wildman–Crippen LogP) is 1.32. The first-order valence-corrected chi connectivity index (χ1v) is 10.7. The Morgan fingerprint density at radius 2 is 1.84 bits per heavy atom. The van der Waals surface area contributed by atoms with Crippen LogP contribution in [-0.4, -0.2) is 53.6 Å². The number of nitrogens with zero attached hydrogens (tertiary/aromatic N) is 3. The van der Waals surface area contributed by atoms with Gasteiger partial charge < -0.3 is 19.5 Å². The number of amides is 4. The van der Waals surface area contributed by atoms with E-state index in [1.807, 2.05) is 10.6 Å². The van der Waals surface area contributed by atoms with Crippen molar-refractivity contribution < 1.29 is 19.1 Å². The van der Waals surface area contributed by atoms with Crippen molar-refractivity contribution in [3.05, 3.63) is 58.5 Å². The Morgan fingerprint density at radius 1 is 1.06 bits per heavy atom. The summed E-state index contributed by atoms with van der Waals surface area (Å²) >= 11 is 0. The summed E-state index contributed by atoms with van der Waals surface area (Å²) in [6.07, 6.45) is 0.857. The monoisotopic (exact) mass is 436 g/mol. The van der Waals surface area contributed by atoms with Crippen molar-refractivity contribution in [1.82, 2.24) is 14.8 Å². The van der Waals surface area contributed by atoms with Crippen molar-refractivity contribution in [1.29, 1.82) is 0 Å². The third-order valence-corrected chi connectivity index (χ3v) is 6.56. The van der Waals surface area contributed by atoms with Crippen molar-refractivity contribution in [2.24, 2.45) is 5.92 Å². The normalized spacial score (nSPS) is 24.2. The summed E-state index contributed by atoms with van der Waals surface area (Å²) < 4.78 is 6.93. The van der Waals surface area contributed by atoms with Gasteiger partial charge in [-0.25, -0.2) is 9.69 Å². The van der Waals surface area contributed by atoms with Crippen LogP contribution in [-0.2, 0) is 16.1 Å². The lowest BCUT2D eigenvalue weighted by atomic mass is 9.83. The topological polar surface area (TPSA) is 101 Å². The molecule has 9 nitrogen and oxygen atoms in total. The number of carbonyl (C=O) groups is 3. The van der Waals surface area contributed by atoms with E-state index in [9.17, 15) is 19.2 Å². The molecule has 3 aliphatic heterocycles. The molecule has 4 amide bonds. The number of pyridine rings is 1. The molecular weight excluding hydrogens is 412 g/mol. The van der Waals surface area contributed by atoms with Gasteiger partial charge in [0, 0.05) is 37.3 Å². The van der Waals surface area contributed by atoms with Gasteiger partial charge >= 0.3 is 6.03 Å². The first-order valence-electron chi connectivity index (χ1n) is 10.7. The average Bonchev–Trinajstić information content (AvgIpc) is 3.07. The second-order valence-corrected chi connectivity index (χ2v) is 8.57. The fourth-order valence-corrected chi connectivity index (χ4v) is 5.05. The second kappa shape index (κ2) is 7.81. The van der Waals surface area contributed by atoms with Crippen LogP contribution in [0.2, 0.25) is 0 Å². The standard InChI is InChI=1S/C23H24N4O5/c1-32-17-7-5-16(6-8-17)27-22(30)18(24-23(27)31)10-21(29)25-11-14-9-15(13-25)19-3-2-4-20(28)26(19)12-14/h2-8,14-15,18H,9-13H2,1H3,(H,24,31)/t14-,15+,18-/m1/s1. The summed E-state index contributed by atoms with van der Waals surface area (Å²) in [6, 6.07) is 10.4. The number of nitrogens with one attached hydrogen (secondary N) is 1. The number of hydrogen-bond donors (Lipinski definition) is 1. The lowest BCUT2D eigenvalue weighted by Crippen LogP contribution is -2.50. The van der Waals surface area contributed by atoms with E-state index >= 15 is 0 Å². The van der Waals surface area contributed by atoms with Gasteiger partial charge in [0.2, 0.25) is 5.91 Å². The number of benzene rings is 1. The molecule has 0 saturated carbocycles. The highest BCUT2D eigenvalue weighted by atomic mass is 16.5. The number of methoxy groups -OCH3 is 1. The molecule has 1 aromatic heterocycles. The SMILES string of the molecule is COc1ccc(N2C(=O)N[C@H](CC(=O)N3C[C@H]4C[C@@H](C3)c3cccc(=O)n3C4)C2=O)cc1. The Kier molecular flexibility index (Phi) is 4.96. The maximum Gasteiger partial charge on any atom is 0.329 e. The quantitative estimate of drug-likeness (QED) is 0.729. The highest BCUT2D eigenvalue weighted by molar-refractivity contribution is 6.22. The Morgan fingerprint density at radius 3 is 2.59 bits per heavy atom. The van der Waals surface area contributed by atoms with Crippen LogP contribution < -0.4 is 20.5 Å². The fraction of sp³-hybridized carbons (Fsp3) is 0.391. The van der Waals surface area contributed by atoms with Gasteiger partial charge in [-0.1, -0.05) is 6.07 Å². The minimum Gasteiger partial charge on any atom is -0.497 e. The summed E-state index contributed by atoms with van der Waals surface area (Å²) in [5.41, 5.74) is 1.38. The molecule has 0 radical (unpaired) electrons. The Bertz CT molecular complexity index is 1140. The Labute approximate surface area is 184 Å². The Hall–Kier alpha value is -3.62. The van der Waals surface area contributed by atoms with E-state index in [2.05, 4.69) is 5.32 Å². The molecule has 0 unspecified atom stereocenters. The third kappa shape index (κ3) is 3.43. The van der Waals surface area contributed by atoms with Crippen molar-refractivity contribution in [2.45, 2.75) is 31.3 Å². The molecule has 0 aliphatic carbocycles. The van der Waals surface area contributed by atoms with Gasteiger partial charge in [-0.2, -0.15) is 0 Å². The van der Waals surface area contributed by atoms with E-state index in [0.717, 1.165) is 17.0 Å². The molecule has 3 aliphatic rings. The minimum atomic E-state index is -0.895. The average molecular weight is 436 g/mol. The molecule has 0 spiro atoms. The first-order chi connectivity index (χ1) is 15.4. The summed E-state index contributed by atoms with van der Waals surface area (Å²) in [5, 5.41) is 2.64. The van der Waals surface area contributed by atoms with Gasteiger partial charge in [0.25, 0.3) is 11.5 Å². The number of piperidine rings is 1. The maximum atomic E-state index is 13.1. The molecule has 2 aromatic rings. The zero-order valence-electron chi connectivity index (χ0n) is 17.7. The highest BCUT2D eigenvalue weighted by Gasteiger charge is 2.42. The molecule has 4 heterocycles. The molecule has 1 aromatic carbocycles. The highest BCUT2D eigenvalue weighted by Crippen LogP contribution is 2.35. The zero-order chi connectivity index (χ0) is 22.4. The van der Waals surface area contributed by atoms with E-state index in [0.29, 0.717) is 31.1 Å². The number of likely N-dealkylation sites (tertiary alicyclic amines) is 1. The lowest BCUT2D eigenvalue weighted by Gasteiger charge is -2.43. The van der Waals surface area contributed by atoms with Crippen LogP contribution in [0.4, 0.5) is 10.5 Å². The summed E-state index contributed by atoms with van der Waals surface area (Å²) in [6.45, 7) is 1.66. The molecule has 2 saturated heterocycles. The number of hydrogen-bond acceptors (Lipinski definition) is 5. The second-order valence-electron chi connectivity index (χ2n) is 8.57. The molecule has 166 valence electrons. The number of imide groups is 1. The molecule has 2 bridgehead atoms. The molecule has 3 atom stereocenters. The number of ether oxygens (including phenoxy) is 1. The summed E-state index contributed by atoms with van der Waals surface area (Å²) in [4.78, 5) is 53.4. The van der Waals surface area contributed by atoms with Gasteiger partial charge in [-0.3, -0.25) is 14.4 Å². The minimum absolute atomic E-state index is 0.00476. The van der Waals surface area contributed by atoms with Crippen LogP contribution in [0.15, 0.2) is 47.3 Å². The molecule has 2 fully saturated rings. The van der Waals surface area contributed by atoms with E-state index in [1.165, 1.54) is 7.11 Å². The van der Waals surface area contributed by atoms with Crippen molar-refractivity contribution in [3.63, 3.8) is 0 Å². The number of rotatable bonds is 4. The molecule has 5 rings (SSSR count). The number of carbonyl (C=O) groups excluding carboxylic acids is 3. The van der Waals surface area contributed by atoms with Crippen LogP contribution in [0.25, 0.3) is 0 Å². The lowest BCUT2D eigenvalue weighted by molar-refractivity contribution is -0.136. The van der Waals surface area contributed by atoms with Gasteiger partial charge in [-0.05, 0) is 42.7 Å². The fourth-order valence-electron chi connectivity index (χ4n) is 5.05. The van der Waals surface area contributed by atoms with Crippen LogP contribution in [0.5, 0.6) is 5.75 Å². The molecule has 1 N–H and O–H groups in total. The number of urea groups is 1. The van der Waals surface area contributed by atoms with E-state index in [4.69, 9.17) is 4.74 Å². The zero-order valence-corrected chi connectivity index (χ0v) is 17.7. The molecular formula is C23H24N4O5. The van der Waals surface area contributed by atoms with Gasteiger partial charge in [-0.15, -0.1) is 0 Å². The maximum absolute atomic E-state index is 13.1. The van der Waals surface area contributed by atoms with Crippen molar-refractivity contribution >= 4 is 23.5 Å². The first kappa shape index (κ1) is 20.3. The van der Waals surface area contributed by atoms with Crippen LogP contribution in [0.3, 0.4) is 0 Å². The summed E-state index contributed by atoms with van der Waals surface area (Å²) in [5.74, 6) is 0.316. The van der Waals surface area contributed by atoms with Crippen molar-refractivity contribution in [3.8, 4) is 5.75 Å². The largest absolute Gasteiger partial charge is 0.497 e. The number of fused-ring (bicyclic) bond motifs is 4. The van der Waals surface area contributed by atoms with Crippen LogP contribution in [0, 0.1) is 5.92 Å². The predicted molar refractivity (Wildman–Crippen MR) is 116 cm³/mol.